The van der Waals surface area contributed by atoms with E-state index in [9.17, 15) is 4.79 Å². The minimum atomic E-state index is -0.224. The van der Waals surface area contributed by atoms with Crippen molar-refractivity contribution in [2.24, 2.45) is 0 Å². The molecule has 21 heavy (non-hydrogen) atoms. The summed E-state index contributed by atoms with van der Waals surface area (Å²) >= 11 is 1.61. The summed E-state index contributed by atoms with van der Waals surface area (Å²) in [5, 5.41) is 7.86. The van der Waals surface area contributed by atoms with E-state index in [1.165, 1.54) is 6.08 Å². The number of hydrogen-bond donors (Lipinski definition) is 1. The van der Waals surface area contributed by atoms with Gasteiger partial charge in [-0.2, -0.15) is 11.3 Å². The lowest BCUT2D eigenvalue weighted by molar-refractivity contribution is -0.111. The SMILES string of the molecule is C=CC(=O)Nc1c(-c2ccsc2)cnc2ccccc12.Cl. The largest absolute Gasteiger partial charge is 0.321 e. The number of halogens is 1. The van der Waals surface area contributed by atoms with Crippen LogP contribution < -0.4 is 5.32 Å². The van der Waals surface area contributed by atoms with Crippen molar-refractivity contribution >= 4 is 46.2 Å². The Labute approximate surface area is 132 Å². The first-order valence-corrected chi connectivity index (χ1v) is 7.07. The van der Waals surface area contributed by atoms with Gasteiger partial charge in [-0.3, -0.25) is 9.78 Å². The number of thiophene rings is 1. The van der Waals surface area contributed by atoms with Crippen molar-refractivity contribution in [3.63, 3.8) is 0 Å². The molecule has 3 aromatic rings. The van der Waals surface area contributed by atoms with Crippen LogP contribution in [0.15, 0.2) is 59.9 Å². The molecule has 5 heteroatoms. The smallest absolute Gasteiger partial charge is 0.247 e. The molecule has 0 aliphatic rings. The fourth-order valence-corrected chi connectivity index (χ4v) is 2.74. The molecule has 1 N–H and O–H groups in total. The number of rotatable bonds is 3. The number of amides is 1. The van der Waals surface area contributed by atoms with E-state index < -0.39 is 0 Å². The maximum Gasteiger partial charge on any atom is 0.247 e. The third-order valence-electron chi connectivity index (χ3n) is 3.04. The van der Waals surface area contributed by atoms with E-state index in [2.05, 4.69) is 16.9 Å². The number of anilines is 1. The number of hydrogen-bond acceptors (Lipinski definition) is 3. The van der Waals surface area contributed by atoms with Gasteiger partial charge in [0.2, 0.25) is 5.91 Å². The van der Waals surface area contributed by atoms with Crippen molar-refractivity contribution in [2.45, 2.75) is 0 Å². The zero-order valence-electron chi connectivity index (χ0n) is 11.1. The van der Waals surface area contributed by atoms with Gasteiger partial charge in [-0.25, -0.2) is 0 Å². The highest BCUT2D eigenvalue weighted by Gasteiger charge is 2.12. The van der Waals surface area contributed by atoms with Gasteiger partial charge in [-0.15, -0.1) is 12.4 Å². The Bertz CT molecular complexity index is 784. The quantitative estimate of drug-likeness (QED) is 0.722. The number of nitrogens with zero attached hydrogens (tertiary/aromatic N) is 1. The molecule has 0 bridgehead atoms. The van der Waals surface area contributed by atoms with Crippen molar-refractivity contribution in [1.29, 1.82) is 0 Å². The maximum absolute atomic E-state index is 11.7. The lowest BCUT2D eigenvalue weighted by Gasteiger charge is -2.12. The number of fused-ring (bicyclic) bond motifs is 1. The van der Waals surface area contributed by atoms with Crippen LogP contribution in [0.2, 0.25) is 0 Å². The molecule has 1 aromatic carbocycles. The first-order valence-electron chi connectivity index (χ1n) is 6.13. The highest BCUT2D eigenvalue weighted by atomic mass is 35.5. The number of carbonyl (C=O) groups excluding carboxylic acids is 1. The van der Waals surface area contributed by atoms with Gasteiger partial charge in [0.1, 0.15) is 0 Å². The van der Waals surface area contributed by atoms with Crippen LogP contribution in [-0.2, 0) is 4.79 Å². The van der Waals surface area contributed by atoms with E-state index in [-0.39, 0.29) is 18.3 Å². The molecule has 0 unspecified atom stereocenters. The van der Waals surface area contributed by atoms with Crippen LogP contribution in [0.5, 0.6) is 0 Å². The first-order chi connectivity index (χ1) is 9.79. The van der Waals surface area contributed by atoms with Crippen molar-refractivity contribution in [1.82, 2.24) is 4.98 Å². The number of para-hydroxylation sites is 1. The third kappa shape index (κ3) is 2.96. The average Bonchev–Trinajstić information content (AvgIpc) is 3.01. The monoisotopic (exact) mass is 316 g/mol. The first kappa shape index (κ1) is 15.2. The van der Waals surface area contributed by atoms with Gasteiger partial charge in [0, 0.05) is 17.1 Å². The van der Waals surface area contributed by atoms with E-state index in [0.717, 1.165) is 27.7 Å². The van der Waals surface area contributed by atoms with E-state index >= 15 is 0 Å². The number of benzene rings is 1. The Balaban J connectivity index is 0.00000161. The number of nitrogens with one attached hydrogen (secondary N) is 1. The molecule has 0 saturated carbocycles. The molecule has 3 nitrogen and oxygen atoms in total. The lowest BCUT2D eigenvalue weighted by Crippen LogP contribution is -2.09. The molecule has 0 radical (unpaired) electrons. The van der Waals surface area contributed by atoms with Gasteiger partial charge < -0.3 is 5.32 Å². The Morgan fingerprint density at radius 2 is 2.10 bits per heavy atom. The maximum atomic E-state index is 11.7. The summed E-state index contributed by atoms with van der Waals surface area (Å²) in [5.74, 6) is -0.224. The molecule has 0 aliphatic heterocycles. The summed E-state index contributed by atoms with van der Waals surface area (Å²) in [7, 11) is 0. The molecular formula is C16H13ClN2OS. The topological polar surface area (TPSA) is 42.0 Å². The normalized spacial score (nSPS) is 9.90. The van der Waals surface area contributed by atoms with Gasteiger partial charge in [0.15, 0.2) is 0 Å². The van der Waals surface area contributed by atoms with E-state index in [1.807, 2.05) is 41.1 Å². The van der Waals surface area contributed by atoms with Crippen molar-refractivity contribution < 1.29 is 4.79 Å². The minimum absolute atomic E-state index is 0. The molecule has 0 aliphatic carbocycles. The van der Waals surface area contributed by atoms with Crippen LogP contribution in [0, 0.1) is 0 Å². The van der Waals surface area contributed by atoms with Gasteiger partial charge in [0.05, 0.1) is 11.2 Å². The van der Waals surface area contributed by atoms with E-state index in [1.54, 1.807) is 17.5 Å². The highest BCUT2D eigenvalue weighted by Crippen LogP contribution is 2.34. The summed E-state index contributed by atoms with van der Waals surface area (Å²) in [5.41, 5.74) is 3.59. The average molecular weight is 317 g/mol. The summed E-state index contributed by atoms with van der Waals surface area (Å²) in [6, 6.07) is 9.76. The fourth-order valence-electron chi connectivity index (χ4n) is 2.09. The predicted octanol–water partition coefficient (Wildman–Crippen LogP) is 4.51. The molecule has 1 amide bonds. The highest BCUT2D eigenvalue weighted by molar-refractivity contribution is 7.08. The fraction of sp³-hybridized carbons (Fsp3) is 0. The second-order valence-corrected chi connectivity index (χ2v) is 5.05. The van der Waals surface area contributed by atoms with Crippen molar-refractivity contribution in [3.8, 4) is 11.1 Å². The molecule has 106 valence electrons. The Morgan fingerprint density at radius 3 is 2.81 bits per heavy atom. The van der Waals surface area contributed by atoms with Crippen molar-refractivity contribution in [2.75, 3.05) is 5.32 Å². The van der Waals surface area contributed by atoms with Gasteiger partial charge in [0.25, 0.3) is 0 Å². The van der Waals surface area contributed by atoms with E-state index in [0.29, 0.717) is 0 Å². The number of aromatic nitrogens is 1. The summed E-state index contributed by atoms with van der Waals surface area (Å²) in [6.07, 6.45) is 3.07. The molecule has 0 saturated heterocycles. The van der Waals surface area contributed by atoms with Gasteiger partial charge in [-0.05, 0) is 34.5 Å². The number of pyridine rings is 1. The third-order valence-corrected chi connectivity index (χ3v) is 3.72. The molecule has 2 heterocycles. The Hall–Kier alpha value is -2.17. The molecule has 0 spiro atoms. The van der Waals surface area contributed by atoms with Crippen LogP contribution in [0.25, 0.3) is 22.0 Å². The van der Waals surface area contributed by atoms with Crippen LogP contribution in [0.3, 0.4) is 0 Å². The van der Waals surface area contributed by atoms with Crippen LogP contribution >= 0.6 is 23.7 Å². The molecule has 2 aromatic heterocycles. The molecule has 3 rings (SSSR count). The Kier molecular flexibility index (Phi) is 4.73. The van der Waals surface area contributed by atoms with Gasteiger partial charge in [-0.1, -0.05) is 24.8 Å². The summed E-state index contributed by atoms with van der Waals surface area (Å²) in [4.78, 5) is 16.2. The minimum Gasteiger partial charge on any atom is -0.321 e. The zero-order valence-corrected chi connectivity index (χ0v) is 12.7. The van der Waals surface area contributed by atoms with Crippen LogP contribution in [-0.4, -0.2) is 10.9 Å². The summed E-state index contributed by atoms with van der Waals surface area (Å²) in [6.45, 7) is 3.50. The number of carbonyl (C=O) groups is 1. The van der Waals surface area contributed by atoms with E-state index in [4.69, 9.17) is 0 Å². The second kappa shape index (κ2) is 6.52. The van der Waals surface area contributed by atoms with Gasteiger partial charge >= 0.3 is 0 Å². The molecule has 0 fully saturated rings. The Morgan fingerprint density at radius 1 is 1.29 bits per heavy atom. The van der Waals surface area contributed by atoms with Crippen LogP contribution in [0.1, 0.15) is 0 Å². The molecule has 0 atom stereocenters. The standard InChI is InChI=1S/C16H12N2OS.ClH/c1-2-15(19)18-16-12-5-3-4-6-14(12)17-9-13(16)11-7-8-20-10-11;/h2-10H,1H2,(H,17,18,19);1H. The van der Waals surface area contributed by atoms with Crippen LogP contribution in [0.4, 0.5) is 5.69 Å². The lowest BCUT2D eigenvalue weighted by atomic mass is 10.0. The zero-order chi connectivity index (χ0) is 13.9. The predicted molar refractivity (Wildman–Crippen MR) is 91.1 cm³/mol. The summed E-state index contributed by atoms with van der Waals surface area (Å²) < 4.78 is 0. The van der Waals surface area contributed by atoms with Crippen molar-refractivity contribution in [3.05, 3.63) is 59.9 Å². The second-order valence-electron chi connectivity index (χ2n) is 4.27. The molecular weight excluding hydrogens is 304 g/mol.